The Kier molecular flexibility index (Phi) is 4.62. The average Bonchev–Trinajstić information content (AvgIpc) is 2.36. The van der Waals surface area contributed by atoms with Crippen LogP contribution in [0.25, 0.3) is 6.08 Å². The number of hydrogen-bond donors (Lipinski definition) is 0. The fraction of sp³-hybridized carbons (Fsp3) is 0.471. The largest absolute Gasteiger partial charge is 0.294 e. The van der Waals surface area contributed by atoms with Gasteiger partial charge in [0.25, 0.3) is 0 Å². The summed E-state index contributed by atoms with van der Waals surface area (Å²) in [5, 5.41) is 0. The van der Waals surface area contributed by atoms with Crippen LogP contribution in [-0.2, 0) is 4.79 Å². The maximum atomic E-state index is 12.6. The molecule has 0 radical (unpaired) electrons. The van der Waals surface area contributed by atoms with Crippen molar-refractivity contribution in [2.24, 2.45) is 17.8 Å². The van der Waals surface area contributed by atoms with Gasteiger partial charge in [-0.25, -0.2) is 0 Å². The molecule has 1 aliphatic rings. The first kappa shape index (κ1) is 14.5. The Morgan fingerprint density at radius 2 is 1.84 bits per heavy atom. The van der Waals surface area contributed by atoms with E-state index in [1.54, 1.807) is 0 Å². The van der Waals surface area contributed by atoms with Crippen LogP contribution in [0.5, 0.6) is 0 Å². The molecule has 19 heavy (non-hydrogen) atoms. The van der Waals surface area contributed by atoms with Crippen LogP contribution in [0.2, 0.25) is 0 Å². The predicted molar refractivity (Wildman–Crippen MR) is 83.9 cm³/mol. The highest BCUT2D eigenvalue weighted by molar-refractivity contribution is 9.10. The summed E-state index contributed by atoms with van der Waals surface area (Å²) in [6.07, 6.45) is 4.24. The van der Waals surface area contributed by atoms with Crippen LogP contribution in [0.4, 0.5) is 0 Å². The lowest BCUT2D eigenvalue weighted by Gasteiger charge is -2.30. The van der Waals surface area contributed by atoms with Gasteiger partial charge in [0, 0.05) is 10.4 Å². The van der Waals surface area contributed by atoms with Gasteiger partial charge in [0.05, 0.1) is 0 Å². The molecular weight excluding hydrogens is 300 g/mol. The fourth-order valence-corrected chi connectivity index (χ4v) is 3.03. The van der Waals surface area contributed by atoms with Crippen LogP contribution in [0.3, 0.4) is 0 Å². The van der Waals surface area contributed by atoms with Crippen LogP contribution in [-0.4, -0.2) is 5.78 Å². The molecule has 0 bridgehead atoms. The van der Waals surface area contributed by atoms with E-state index in [1.807, 2.05) is 12.1 Å². The zero-order valence-corrected chi connectivity index (χ0v) is 13.4. The SMILES string of the molecule is CC1CCC(C(C)C)C(=O)/C1=C/c1ccc(Br)cc1. The molecule has 2 rings (SSSR count). The van der Waals surface area contributed by atoms with Gasteiger partial charge in [0.2, 0.25) is 0 Å². The van der Waals surface area contributed by atoms with Crippen molar-refractivity contribution in [2.45, 2.75) is 33.6 Å². The number of Topliss-reactive ketones (excluding diaryl/α,β-unsaturated/α-hetero) is 1. The Morgan fingerprint density at radius 1 is 1.21 bits per heavy atom. The first-order valence-corrected chi connectivity index (χ1v) is 7.79. The standard InChI is InChI=1S/C17H21BrO/c1-11(2)15-9-4-12(3)16(17(15)19)10-13-5-7-14(18)8-6-13/h5-8,10-12,15H,4,9H2,1-3H3/b16-10+. The Morgan fingerprint density at radius 3 is 2.42 bits per heavy atom. The van der Waals surface area contributed by atoms with Gasteiger partial charge in [-0.05, 0) is 54.0 Å². The minimum atomic E-state index is 0.206. The third-order valence-electron chi connectivity index (χ3n) is 4.06. The van der Waals surface area contributed by atoms with E-state index in [1.165, 1.54) is 0 Å². The molecule has 0 amide bonds. The first-order chi connectivity index (χ1) is 8.99. The first-order valence-electron chi connectivity index (χ1n) is 7.00. The van der Waals surface area contributed by atoms with Crippen molar-refractivity contribution in [2.75, 3.05) is 0 Å². The van der Waals surface area contributed by atoms with Gasteiger partial charge < -0.3 is 0 Å². The normalized spacial score (nSPS) is 26.2. The molecule has 1 aliphatic carbocycles. The highest BCUT2D eigenvalue weighted by Gasteiger charge is 2.32. The van der Waals surface area contributed by atoms with E-state index in [2.05, 4.69) is 54.9 Å². The molecule has 1 aromatic rings. The topological polar surface area (TPSA) is 17.1 Å². The van der Waals surface area contributed by atoms with Gasteiger partial charge in [-0.3, -0.25) is 4.79 Å². The van der Waals surface area contributed by atoms with Crippen molar-refractivity contribution in [3.05, 3.63) is 39.9 Å². The molecule has 0 saturated heterocycles. The smallest absolute Gasteiger partial charge is 0.162 e. The number of carbonyl (C=O) groups excluding carboxylic acids is 1. The number of allylic oxidation sites excluding steroid dienone is 1. The molecule has 1 saturated carbocycles. The Labute approximate surface area is 124 Å². The molecule has 1 fully saturated rings. The van der Waals surface area contributed by atoms with Gasteiger partial charge in [0.15, 0.2) is 5.78 Å². The van der Waals surface area contributed by atoms with Gasteiger partial charge >= 0.3 is 0 Å². The van der Waals surface area contributed by atoms with E-state index < -0.39 is 0 Å². The van der Waals surface area contributed by atoms with Crippen LogP contribution in [0, 0.1) is 17.8 Å². The summed E-state index contributed by atoms with van der Waals surface area (Å²) in [5.74, 6) is 1.38. The van der Waals surface area contributed by atoms with Gasteiger partial charge in [0.1, 0.15) is 0 Å². The molecule has 2 heteroatoms. The number of rotatable bonds is 2. The minimum absolute atomic E-state index is 0.206. The number of ketones is 1. The second-order valence-corrected chi connectivity index (χ2v) is 6.76. The fourth-order valence-electron chi connectivity index (χ4n) is 2.76. The summed E-state index contributed by atoms with van der Waals surface area (Å²) >= 11 is 3.44. The maximum absolute atomic E-state index is 12.6. The molecule has 0 aliphatic heterocycles. The average molecular weight is 321 g/mol. The van der Waals surface area contributed by atoms with Crippen molar-refractivity contribution in [1.82, 2.24) is 0 Å². The monoisotopic (exact) mass is 320 g/mol. The number of benzene rings is 1. The van der Waals surface area contributed by atoms with Crippen molar-refractivity contribution in [3.8, 4) is 0 Å². The van der Waals surface area contributed by atoms with Crippen LogP contribution in [0.1, 0.15) is 39.2 Å². The predicted octanol–water partition coefficient (Wildman–Crippen LogP) is 5.10. The Balaban J connectivity index is 2.29. The van der Waals surface area contributed by atoms with E-state index >= 15 is 0 Å². The molecule has 1 nitrogen and oxygen atoms in total. The summed E-state index contributed by atoms with van der Waals surface area (Å²) in [7, 11) is 0. The van der Waals surface area contributed by atoms with E-state index in [0.717, 1.165) is 28.5 Å². The lowest BCUT2D eigenvalue weighted by atomic mass is 9.73. The highest BCUT2D eigenvalue weighted by atomic mass is 79.9. The molecule has 0 aromatic heterocycles. The summed E-state index contributed by atoms with van der Waals surface area (Å²) in [6.45, 7) is 6.46. The second kappa shape index (κ2) is 6.04. The molecular formula is C17H21BrO. The molecule has 0 heterocycles. The van der Waals surface area contributed by atoms with Crippen molar-refractivity contribution >= 4 is 27.8 Å². The summed E-state index contributed by atoms with van der Waals surface area (Å²) in [5.41, 5.74) is 2.12. The lowest BCUT2D eigenvalue weighted by molar-refractivity contribution is -0.122. The molecule has 2 atom stereocenters. The quantitative estimate of drug-likeness (QED) is 0.692. The molecule has 2 unspecified atom stereocenters. The van der Waals surface area contributed by atoms with Gasteiger partial charge in [-0.1, -0.05) is 48.8 Å². The van der Waals surface area contributed by atoms with Crippen LogP contribution in [0.15, 0.2) is 34.3 Å². The van der Waals surface area contributed by atoms with Crippen molar-refractivity contribution in [3.63, 3.8) is 0 Å². The van der Waals surface area contributed by atoms with Crippen LogP contribution < -0.4 is 0 Å². The lowest BCUT2D eigenvalue weighted by Crippen LogP contribution is -2.30. The Bertz CT molecular complexity index is 484. The minimum Gasteiger partial charge on any atom is -0.294 e. The highest BCUT2D eigenvalue weighted by Crippen LogP contribution is 2.35. The van der Waals surface area contributed by atoms with Gasteiger partial charge in [-0.15, -0.1) is 0 Å². The van der Waals surface area contributed by atoms with E-state index in [-0.39, 0.29) is 5.92 Å². The van der Waals surface area contributed by atoms with E-state index in [4.69, 9.17) is 0 Å². The summed E-state index contributed by atoms with van der Waals surface area (Å²) < 4.78 is 1.07. The Hall–Kier alpha value is -0.890. The summed E-state index contributed by atoms with van der Waals surface area (Å²) in [6, 6.07) is 8.14. The maximum Gasteiger partial charge on any atom is 0.162 e. The molecule has 0 N–H and O–H groups in total. The number of hydrogen-bond acceptors (Lipinski definition) is 1. The molecule has 1 aromatic carbocycles. The van der Waals surface area contributed by atoms with Crippen LogP contribution >= 0.6 is 15.9 Å². The third kappa shape index (κ3) is 3.36. The van der Waals surface area contributed by atoms with Crippen molar-refractivity contribution in [1.29, 1.82) is 0 Å². The zero-order chi connectivity index (χ0) is 14.0. The number of carbonyl (C=O) groups is 1. The number of halogens is 1. The van der Waals surface area contributed by atoms with Crippen molar-refractivity contribution < 1.29 is 4.79 Å². The molecule has 102 valence electrons. The van der Waals surface area contributed by atoms with E-state index in [0.29, 0.717) is 17.6 Å². The van der Waals surface area contributed by atoms with Gasteiger partial charge in [-0.2, -0.15) is 0 Å². The second-order valence-electron chi connectivity index (χ2n) is 5.84. The molecule has 0 spiro atoms. The zero-order valence-electron chi connectivity index (χ0n) is 11.8. The van der Waals surface area contributed by atoms with E-state index in [9.17, 15) is 4.79 Å². The third-order valence-corrected chi connectivity index (χ3v) is 4.59. The summed E-state index contributed by atoms with van der Waals surface area (Å²) in [4.78, 5) is 12.6.